The van der Waals surface area contributed by atoms with Crippen molar-refractivity contribution in [3.8, 4) is 0 Å². The molecular formula is C16H17N3. The van der Waals surface area contributed by atoms with Gasteiger partial charge in [0.1, 0.15) is 0 Å². The van der Waals surface area contributed by atoms with Crippen LogP contribution in [0.1, 0.15) is 11.1 Å². The molecule has 0 unspecified atom stereocenters. The molecule has 3 rings (SSSR count). The number of fused-ring (bicyclic) bond motifs is 1. The van der Waals surface area contributed by atoms with Crippen molar-refractivity contribution in [1.82, 2.24) is 9.55 Å². The molecule has 2 heterocycles. The highest BCUT2D eigenvalue weighted by molar-refractivity contribution is 5.78. The highest BCUT2D eigenvalue weighted by atomic mass is 14.9. The fraction of sp³-hybridized carbons (Fsp3) is 0.188. The van der Waals surface area contributed by atoms with E-state index in [1.165, 1.54) is 16.5 Å². The van der Waals surface area contributed by atoms with Gasteiger partial charge in [-0.2, -0.15) is 0 Å². The average Bonchev–Trinajstić information content (AvgIpc) is 2.86. The number of hydrogen-bond acceptors (Lipinski definition) is 2. The quantitative estimate of drug-likeness (QED) is 0.774. The Kier molecular flexibility index (Phi) is 3.29. The predicted octanol–water partition coefficient (Wildman–Crippen LogP) is 2.59. The van der Waals surface area contributed by atoms with Crippen LogP contribution in [0, 0.1) is 0 Å². The first-order valence-electron chi connectivity index (χ1n) is 6.53. The Balaban J connectivity index is 1.83. The summed E-state index contributed by atoms with van der Waals surface area (Å²) in [6.07, 6.45) is 7.04. The van der Waals surface area contributed by atoms with E-state index in [2.05, 4.69) is 52.3 Å². The second-order valence-electron chi connectivity index (χ2n) is 4.76. The lowest BCUT2D eigenvalue weighted by atomic mass is 10.1. The Morgan fingerprint density at radius 1 is 1.11 bits per heavy atom. The van der Waals surface area contributed by atoms with Crippen LogP contribution in [0.25, 0.3) is 10.9 Å². The molecule has 3 heteroatoms. The van der Waals surface area contributed by atoms with Gasteiger partial charge in [-0.05, 0) is 48.4 Å². The van der Waals surface area contributed by atoms with Crippen molar-refractivity contribution in [2.24, 2.45) is 5.73 Å². The van der Waals surface area contributed by atoms with Crippen LogP contribution in [0.4, 0.5) is 0 Å². The van der Waals surface area contributed by atoms with E-state index in [0.717, 1.165) is 18.5 Å². The van der Waals surface area contributed by atoms with Crippen molar-refractivity contribution < 1.29 is 0 Å². The molecule has 0 saturated heterocycles. The molecule has 0 saturated carbocycles. The summed E-state index contributed by atoms with van der Waals surface area (Å²) >= 11 is 0. The zero-order valence-electron chi connectivity index (χ0n) is 10.8. The Morgan fingerprint density at radius 2 is 2.05 bits per heavy atom. The van der Waals surface area contributed by atoms with Crippen LogP contribution in [0.15, 0.2) is 55.0 Å². The van der Waals surface area contributed by atoms with E-state index < -0.39 is 0 Å². The Hall–Kier alpha value is -2.13. The summed E-state index contributed by atoms with van der Waals surface area (Å²) in [6.45, 7) is 1.58. The Bertz CT molecular complexity index is 685. The van der Waals surface area contributed by atoms with Crippen molar-refractivity contribution >= 4 is 10.9 Å². The summed E-state index contributed by atoms with van der Waals surface area (Å²) in [5, 5.41) is 1.19. The second kappa shape index (κ2) is 5.24. The topological polar surface area (TPSA) is 43.8 Å². The number of rotatable bonds is 4. The van der Waals surface area contributed by atoms with E-state index >= 15 is 0 Å². The zero-order valence-corrected chi connectivity index (χ0v) is 10.8. The minimum Gasteiger partial charge on any atom is -0.350 e. The largest absolute Gasteiger partial charge is 0.350 e. The lowest BCUT2D eigenvalue weighted by Gasteiger charge is -2.05. The standard InChI is InChI=1S/C16H17N3/c17-7-5-13-6-9-19(11-13)12-14-3-4-16-15(10-14)2-1-8-18-16/h1-4,6,8-11H,5,7,12,17H2. The molecule has 0 atom stereocenters. The van der Waals surface area contributed by atoms with Crippen molar-refractivity contribution in [3.05, 3.63) is 66.1 Å². The Labute approximate surface area is 112 Å². The monoisotopic (exact) mass is 251 g/mol. The third kappa shape index (κ3) is 2.66. The van der Waals surface area contributed by atoms with Crippen molar-refractivity contribution in [1.29, 1.82) is 0 Å². The van der Waals surface area contributed by atoms with Gasteiger partial charge >= 0.3 is 0 Å². The number of pyridine rings is 1. The molecule has 2 N–H and O–H groups in total. The first-order valence-corrected chi connectivity index (χ1v) is 6.53. The minimum atomic E-state index is 0.700. The maximum absolute atomic E-state index is 5.57. The van der Waals surface area contributed by atoms with Crippen molar-refractivity contribution in [2.45, 2.75) is 13.0 Å². The Morgan fingerprint density at radius 3 is 2.95 bits per heavy atom. The van der Waals surface area contributed by atoms with Gasteiger partial charge in [0, 0.05) is 30.5 Å². The van der Waals surface area contributed by atoms with Crippen LogP contribution in [-0.2, 0) is 13.0 Å². The van der Waals surface area contributed by atoms with Crippen LogP contribution in [-0.4, -0.2) is 16.1 Å². The summed E-state index contributed by atoms with van der Waals surface area (Å²) in [5.74, 6) is 0. The SMILES string of the molecule is NCCc1ccn(Cc2ccc3ncccc3c2)c1. The van der Waals surface area contributed by atoms with Gasteiger partial charge < -0.3 is 10.3 Å². The molecule has 0 spiro atoms. The number of aromatic nitrogens is 2. The molecule has 1 aromatic carbocycles. The van der Waals surface area contributed by atoms with Crippen molar-refractivity contribution in [2.75, 3.05) is 6.54 Å². The molecule has 96 valence electrons. The van der Waals surface area contributed by atoms with Crippen molar-refractivity contribution in [3.63, 3.8) is 0 Å². The normalized spacial score (nSPS) is 11.0. The highest BCUT2D eigenvalue weighted by Gasteiger charge is 2.00. The van der Waals surface area contributed by atoms with Gasteiger partial charge in [-0.25, -0.2) is 0 Å². The van der Waals surface area contributed by atoms with Gasteiger partial charge in [-0.15, -0.1) is 0 Å². The fourth-order valence-electron chi connectivity index (χ4n) is 2.34. The smallest absolute Gasteiger partial charge is 0.0702 e. The number of hydrogen-bond donors (Lipinski definition) is 1. The van der Waals surface area contributed by atoms with E-state index in [1.807, 2.05) is 12.3 Å². The number of nitrogens with zero attached hydrogens (tertiary/aromatic N) is 2. The molecule has 0 aliphatic rings. The summed E-state index contributed by atoms with van der Waals surface area (Å²) in [6, 6.07) is 12.6. The van der Waals surface area contributed by atoms with Gasteiger partial charge in [-0.3, -0.25) is 4.98 Å². The highest BCUT2D eigenvalue weighted by Crippen LogP contribution is 2.14. The van der Waals surface area contributed by atoms with Gasteiger partial charge in [0.15, 0.2) is 0 Å². The summed E-state index contributed by atoms with van der Waals surface area (Å²) in [4.78, 5) is 4.34. The van der Waals surface area contributed by atoms with Gasteiger partial charge in [0.25, 0.3) is 0 Å². The average molecular weight is 251 g/mol. The fourth-order valence-corrected chi connectivity index (χ4v) is 2.34. The number of nitrogens with two attached hydrogens (primary N) is 1. The molecule has 0 bridgehead atoms. The van der Waals surface area contributed by atoms with E-state index in [-0.39, 0.29) is 0 Å². The minimum absolute atomic E-state index is 0.700. The van der Waals surface area contributed by atoms with Crippen LogP contribution < -0.4 is 5.73 Å². The maximum atomic E-state index is 5.57. The van der Waals surface area contributed by atoms with Gasteiger partial charge in [0.05, 0.1) is 5.52 Å². The molecule has 19 heavy (non-hydrogen) atoms. The molecule has 0 fully saturated rings. The molecule has 2 aromatic heterocycles. The van der Waals surface area contributed by atoms with Gasteiger partial charge in [0.2, 0.25) is 0 Å². The summed E-state index contributed by atoms with van der Waals surface area (Å²) < 4.78 is 2.20. The second-order valence-corrected chi connectivity index (χ2v) is 4.76. The third-order valence-corrected chi connectivity index (χ3v) is 3.28. The maximum Gasteiger partial charge on any atom is 0.0702 e. The number of benzene rings is 1. The first-order chi connectivity index (χ1) is 9.35. The molecule has 3 aromatic rings. The molecular weight excluding hydrogens is 234 g/mol. The van der Waals surface area contributed by atoms with Crippen LogP contribution >= 0.6 is 0 Å². The van der Waals surface area contributed by atoms with E-state index in [4.69, 9.17) is 5.73 Å². The molecule has 0 amide bonds. The van der Waals surface area contributed by atoms with E-state index in [1.54, 1.807) is 0 Å². The molecule has 0 aliphatic carbocycles. The summed E-state index contributed by atoms with van der Waals surface area (Å²) in [5.41, 5.74) is 9.20. The molecule has 0 aliphatic heterocycles. The van der Waals surface area contributed by atoms with E-state index in [9.17, 15) is 0 Å². The van der Waals surface area contributed by atoms with Crippen LogP contribution in [0.3, 0.4) is 0 Å². The summed E-state index contributed by atoms with van der Waals surface area (Å²) in [7, 11) is 0. The third-order valence-electron chi connectivity index (χ3n) is 3.28. The van der Waals surface area contributed by atoms with Crippen LogP contribution in [0.5, 0.6) is 0 Å². The molecule has 0 radical (unpaired) electrons. The predicted molar refractivity (Wildman–Crippen MR) is 78.0 cm³/mol. The first kappa shape index (κ1) is 11.9. The lowest BCUT2D eigenvalue weighted by Crippen LogP contribution is -2.02. The van der Waals surface area contributed by atoms with Gasteiger partial charge in [-0.1, -0.05) is 12.1 Å². The van der Waals surface area contributed by atoms with E-state index in [0.29, 0.717) is 6.54 Å². The molecule has 3 nitrogen and oxygen atoms in total. The lowest BCUT2D eigenvalue weighted by molar-refractivity contribution is 0.801. The van der Waals surface area contributed by atoms with Crippen LogP contribution in [0.2, 0.25) is 0 Å². The zero-order chi connectivity index (χ0) is 13.1.